The fourth-order valence-corrected chi connectivity index (χ4v) is 1.89. The smallest absolute Gasteiger partial charge is 0.221 e. The SMILES string of the molecule is CN(C)S(=O)(=O)n1cnc(S(C)(=O)=O)n1. The summed E-state index contributed by atoms with van der Waals surface area (Å²) in [4.78, 5) is 3.39. The molecule has 0 radical (unpaired) electrons. The molecule has 1 aromatic rings. The minimum absolute atomic E-state index is 0.503. The summed E-state index contributed by atoms with van der Waals surface area (Å²) in [6.07, 6.45) is 1.74. The van der Waals surface area contributed by atoms with Gasteiger partial charge in [-0.05, 0) is 0 Å². The summed E-state index contributed by atoms with van der Waals surface area (Å²) in [5.41, 5.74) is 0. The summed E-state index contributed by atoms with van der Waals surface area (Å²) in [6, 6.07) is 0. The molecule has 0 aliphatic heterocycles. The standard InChI is InChI=1S/C5H10N4O4S2/c1-8(2)15(12,13)9-4-6-5(7-9)14(3,10)11/h4H,1-3H3. The molecule has 1 aromatic heterocycles. The molecule has 0 aromatic carbocycles. The lowest BCUT2D eigenvalue weighted by atomic mass is 11.3. The van der Waals surface area contributed by atoms with Gasteiger partial charge in [0.05, 0.1) is 0 Å². The highest BCUT2D eigenvalue weighted by molar-refractivity contribution is 7.90. The zero-order chi connectivity index (χ0) is 11.9. The first kappa shape index (κ1) is 12.1. The van der Waals surface area contributed by atoms with Gasteiger partial charge in [-0.1, -0.05) is 0 Å². The molecule has 86 valence electrons. The highest BCUT2D eigenvalue weighted by atomic mass is 32.2. The second kappa shape index (κ2) is 3.54. The molecule has 0 fully saturated rings. The number of aromatic nitrogens is 3. The maximum Gasteiger partial charge on any atom is 0.323 e. The Hall–Kier alpha value is -1.00. The molecule has 1 heterocycles. The van der Waals surface area contributed by atoms with Crippen molar-refractivity contribution in [1.29, 1.82) is 0 Å². The largest absolute Gasteiger partial charge is 0.323 e. The Bertz CT molecular complexity index is 556. The molecule has 0 aliphatic rings. The van der Waals surface area contributed by atoms with Crippen molar-refractivity contribution in [3.05, 3.63) is 6.33 Å². The summed E-state index contributed by atoms with van der Waals surface area (Å²) in [5.74, 6) is 0. The monoisotopic (exact) mass is 254 g/mol. The van der Waals surface area contributed by atoms with E-state index < -0.39 is 25.2 Å². The van der Waals surface area contributed by atoms with Crippen LogP contribution in [0.2, 0.25) is 0 Å². The Morgan fingerprint density at radius 1 is 1.27 bits per heavy atom. The Labute approximate surface area is 87.6 Å². The highest BCUT2D eigenvalue weighted by Gasteiger charge is 2.21. The van der Waals surface area contributed by atoms with Crippen molar-refractivity contribution in [3.63, 3.8) is 0 Å². The van der Waals surface area contributed by atoms with Crippen LogP contribution in [0.3, 0.4) is 0 Å². The van der Waals surface area contributed by atoms with Crippen LogP contribution in [0.4, 0.5) is 0 Å². The van der Waals surface area contributed by atoms with E-state index in [0.29, 0.717) is 4.09 Å². The summed E-state index contributed by atoms with van der Waals surface area (Å²) in [5, 5.41) is 2.84. The van der Waals surface area contributed by atoms with E-state index in [-0.39, 0.29) is 0 Å². The summed E-state index contributed by atoms with van der Waals surface area (Å²) in [6.45, 7) is 0. The number of hydrogen-bond acceptors (Lipinski definition) is 6. The normalized spacial score (nSPS) is 13.3. The maximum absolute atomic E-state index is 11.5. The third kappa shape index (κ3) is 2.33. The highest BCUT2D eigenvalue weighted by Crippen LogP contribution is 2.03. The van der Waals surface area contributed by atoms with Crippen LogP contribution in [0.1, 0.15) is 0 Å². The third-order valence-corrected chi connectivity index (χ3v) is 3.90. The molecule has 0 atom stereocenters. The van der Waals surface area contributed by atoms with Gasteiger partial charge in [0.15, 0.2) is 0 Å². The number of rotatable bonds is 3. The van der Waals surface area contributed by atoms with E-state index in [1.165, 1.54) is 14.1 Å². The zero-order valence-corrected chi connectivity index (χ0v) is 9.95. The Morgan fingerprint density at radius 2 is 1.80 bits per heavy atom. The van der Waals surface area contributed by atoms with Crippen molar-refractivity contribution in [2.75, 3.05) is 20.4 Å². The van der Waals surface area contributed by atoms with Gasteiger partial charge in [-0.25, -0.2) is 13.4 Å². The predicted octanol–water partition coefficient (Wildman–Crippen LogP) is -1.66. The molecule has 0 N–H and O–H groups in total. The average Bonchev–Trinajstić information content (AvgIpc) is 2.50. The van der Waals surface area contributed by atoms with E-state index in [9.17, 15) is 16.8 Å². The van der Waals surface area contributed by atoms with Crippen LogP contribution in [0, 0.1) is 0 Å². The van der Waals surface area contributed by atoms with Gasteiger partial charge in [-0.15, -0.1) is 9.19 Å². The van der Waals surface area contributed by atoms with Gasteiger partial charge < -0.3 is 0 Å². The van der Waals surface area contributed by atoms with E-state index in [1.807, 2.05) is 0 Å². The lowest BCUT2D eigenvalue weighted by molar-refractivity contribution is 0.502. The topological polar surface area (TPSA) is 102 Å². The van der Waals surface area contributed by atoms with Crippen LogP contribution < -0.4 is 0 Å². The molecule has 10 heteroatoms. The molecule has 0 spiro atoms. The molecule has 0 amide bonds. The van der Waals surface area contributed by atoms with Crippen molar-refractivity contribution in [2.45, 2.75) is 5.16 Å². The lowest BCUT2D eigenvalue weighted by Gasteiger charge is -2.09. The van der Waals surface area contributed by atoms with Crippen molar-refractivity contribution in [1.82, 2.24) is 18.5 Å². The molecule has 0 saturated heterocycles. The second-order valence-electron chi connectivity index (χ2n) is 2.96. The molecule has 0 bridgehead atoms. The fraction of sp³-hybridized carbons (Fsp3) is 0.600. The summed E-state index contributed by atoms with van der Waals surface area (Å²) >= 11 is 0. The van der Waals surface area contributed by atoms with Gasteiger partial charge in [-0.3, -0.25) is 0 Å². The lowest BCUT2D eigenvalue weighted by Crippen LogP contribution is -2.29. The summed E-state index contributed by atoms with van der Waals surface area (Å²) < 4.78 is 46.3. The van der Waals surface area contributed by atoms with Crippen LogP contribution >= 0.6 is 0 Å². The fourth-order valence-electron chi connectivity index (χ4n) is 0.683. The molecule has 0 aliphatic carbocycles. The van der Waals surface area contributed by atoms with Crippen molar-refractivity contribution in [3.8, 4) is 0 Å². The van der Waals surface area contributed by atoms with Gasteiger partial charge >= 0.3 is 10.2 Å². The van der Waals surface area contributed by atoms with Crippen LogP contribution in [-0.4, -0.2) is 55.7 Å². The van der Waals surface area contributed by atoms with Gasteiger partial charge in [0.1, 0.15) is 6.33 Å². The molecule has 15 heavy (non-hydrogen) atoms. The van der Waals surface area contributed by atoms with E-state index in [0.717, 1.165) is 16.9 Å². The number of hydrogen-bond donors (Lipinski definition) is 0. The quantitative estimate of drug-likeness (QED) is 0.639. The minimum atomic E-state index is -3.80. The Kier molecular flexibility index (Phi) is 2.85. The van der Waals surface area contributed by atoms with E-state index in [2.05, 4.69) is 10.1 Å². The first-order valence-electron chi connectivity index (χ1n) is 3.70. The van der Waals surface area contributed by atoms with Crippen molar-refractivity contribution < 1.29 is 16.8 Å². The average molecular weight is 254 g/mol. The van der Waals surface area contributed by atoms with Crippen LogP contribution in [0.5, 0.6) is 0 Å². The van der Waals surface area contributed by atoms with Gasteiger partial charge in [0.25, 0.3) is 5.16 Å². The van der Waals surface area contributed by atoms with Crippen molar-refractivity contribution in [2.24, 2.45) is 0 Å². The third-order valence-electron chi connectivity index (χ3n) is 1.48. The van der Waals surface area contributed by atoms with Crippen LogP contribution in [0.25, 0.3) is 0 Å². The molecule has 8 nitrogen and oxygen atoms in total. The molecular formula is C5H10N4O4S2. The Balaban J connectivity index is 3.28. The zero-order valence-electron chi connectivity index (χ0n) is 8.32. The van der Waals surface area contributed by atoms with Gasteiger partial charge in [0.2, 0.25) is 9.84 Å². The Morgan fingerprint density at radius 3 is 2.13 bits per heavy atom. The van der Waals surface area contributed by atoms with Gasteiger partial charge in [-0.2, -0.15) is 12.7 Å². The molecular weight excluding hydrogens is 244 g/mol. The maximum atomic E-state index is 11.5. The van der Waals surface area contributed by atoms with Gasteiger partial charge in [0, 0.05) is 20.4 Å². The molecule has 0 unspecified atom stereocenters. The first-order valence-corrected chi connectivity index (χ1v) is 6.99. The van der Waals surface area contributed by atoms with Crippen LogP contribution in [-0.2, 0) is 20.0 Å². The summed E-state index contributed by atoms with van der Waals surface area (Å²) in [7, 11) is -4.79. The van der Waals surface area contributed by atoms with E-state index in [1.54, 1.807) is 0 Å². The second-order valence-corrected chi connectivity index (χ2v) is 6.87. The molecule has 0 saturated carbocycles. The number of sulfone groups is 1. The first-order chi connectivity index (χ1) is 6.65. The van der Waals surface area contributed by atoms with E-state index >= 15 is 0 Å². The van der Waals surface area contributed by atoms with E-state index in [4.69, 9.17) is 0 Å². The minimum Gasteiger partial charge on any atom is -0.221 e. The van der Waals surface area contributed by atoms with Crippen molar-refractivity contribution >= 4 is 20.0 Å². The molecule has 1 rings (SSSR count). The predicted molar refractivity (Wildman–Crippen MR) is 51.1 cm³/mol. The number of nitrogens with zero attached hydrogens (tertiary/aromatic N) is 4. The van der Waals surface area contributed by atoms with Crippen LogP contribution in [0.15, 0.2) is 11.5 Å².